The standard InChI is InChI=1S/C13H16F3N3S/c14-13(15,16)10-1-2-12(17-7-10)19-8-11(9-19)18-3-5-20-6-4-18/h1-2,7,11H,3-6,8-9H2. The van der Waals surface area contributed by atoms with Crippen LogP contribution < -0.4 is 4.90 Å². The summed E-state index contributed by atoms with van der Waals surface area (Å²) in [4.78, 5) is 8.43. The van der Waals surface area contributed by atoms with Crippen molar-refractivity contribution in [3.8, 4) is 0 Å². The van der Waals surface area contributed by atoms with Gasteiger partial charge in [-0.25, -0.2) is 4.98 Å². The first-order valence-electron chi connectivity index (χ1n) is 6.64. The van der Waals surface area contributed by atoms with Crippen molar-refractivity contribution >= 4 is 17.6 Å². The fourth-order valence-corrected chi connectivity index (χ4v) is 3.49. The van der Waals surface area contributed by atoms with Gasteiger partial charge in [-0.1, -0.05) is 0 Å². The van der Waals surface area contributed by atoms with Gasteiger partial charge in [-0.3, -0.25) is 4.90 Å². The lowest BCUT2D eigenvalue weighted by molar-refractivity contribution is -0.137. The molecule has 110 valence electrons. The van der Waals surface area contributed by atoms with E-state index in [4.69, 9.17) is 0 Å². The molecule has 0 radical (unpaired) electrons. The smallest absolute Gasteiger partial charge is 0.353 e. The molecule has 0 saturated carbocycles. The number of hydrogen-bond acceptors (Lipinski definition) is 4. The largest absolute Gasteiger partial charge is 0.417 e. The molecule has 0 amide bonds. The summed E-state index contributed by atoms with van der Waals surface area (Å²) in [6.07, 6.45) is -3.39. The molecule has 2 saturated heterocycles. The number of alkyl halides is 3. The minimum Gasteiger partial charge on any atom is -0.353 e. The first-order valence-corrected chi connectivity index (χ1v) is 7.79. The molecule has 2 aliphatic rings. The van der Waals surface area contributed by atoms with Gasteiger partial charge in [0, 0.05) is 49.9 Å². The fraction of sp³-hybridized carbons (Fsp3) is 0.615. The summed E-state index contributed by atoms with van der Waals surface area (Å²) < 4.78 is 37.4. The maximum Gasteiger partial charge on any atom is 0.417 e. The summed E-state index contributed by atoms with van der Waals surface area (Å²) >= 11 is 1.98. The molecule has 2 aliphatic heterocycles. The molecule has 2 fully saturated rings. The van der Waals surface area contributed by atoms with E-state index in [1.807, 2.05) is 16.7 Å². The van der Waals surface area contributed by atoms with Crippen molar-refractivity contribution in [2.45, 2.75) is 12.2 Å². The number of pyridine rings is 1. The van der Waals surface area contributed by atoms with E-state index in [9.17, 15) is 13.2 Å². The third-order valence-electron chi connectivity index (χ3n) is 3.82. The Morgan fingerprint density at radius 2 is 1.85 bits per heavy atom. The van der Waals surface area contributed by atoms with Crippen molar-refractivity contribution in [2.75, 3.05) is 42.6 Å². The van der Waals surface area contributed by atoms with Gasteiger partial charge in [0.05, 0.1) is 5.56 Å². The molecular weight excluding hydrogens is 287 g/mol. The Kier molecular flexibility index (Phi) is 3.81. The van der Waals surface area contributed by atoms with E-state index in [0.29, 0.717) is 11.9 Å². The lowest BCUT2D eigenvalue weighted by atomic mass is 10.1. The molecular formula is C13H16F3N3S. The maximum atomic E-state index is 12.5. The molecule has 0 atom stereocenters. The highest BCUT2D eigenvalue weighted by Gasteiger charge is 2.34. The van der Waals surface area contributed by atoms with Gasteiger partial charge in [0.25, 0.3) is 0 Å². The third-order valence-corrected chi connectivity index (χ3v) is 4.77. The molecule has 0 spiro atoms. The van der Waals surface area contributed by atoms with Gasteiger partial charge in [0.15, 0.2) is 0 Å². The molecule has 1 aromatic heterocycles. The van der Waals surface area contributed by atoms with Crippen molar-refractivity contribution in [1.29, 1.82) is 0 Å². The Bertz CT molecular complexity index is 451. The van der Waals surface area contributed by atoms with Crippen LogP contribution in [0.3, 0.4) is 0 Å². The first-order chi connectivity index (χ1) is 9.54. The molecule has 0 N–H and O–H groups in total. The predicted molar refractivity (Wildman–Crippen MR) is 74.1 cm³/mol. The summed E-state index contributed by atoms with van der Waals surface area (Å²) in [5, 5.41) is 0. The highest BCUT2D eigenvalue weighted by atomic mass is 32.2. The Morgan fingerprint density at radius 3 is 2.40 bits per heavy atom. The Labute approximate surface area is 120 Å². The van der Waals surface area contributed by atoms with E-state index in [2.05, 4.69) is 9.88 Å². The van der Waals surface area contributed by atoms with Crippen LogP contribution in [0.5, 0.6) is 0 Å². The number of hydrogen-bond donors (Lipinski definition) is 0. The van der Waals surface area contributed by atoms with Crippen LogP contribution in [0.25, 0.3) is 0 Å². The number of anilines is 1. The van der Waals surface area contributed by atoms with Crippen LogP contribution in [0.4, 0.5) is 19.0 Å². The quantitative estimate of drug-likeness (QED) is 0.835. The van der Waals surface area contributed by atoms with Crippen LogP contribution in [0.1, 0.15) is 5.56 Å². The second kappa shape index (κ2) is 5.44. The summed E-state index contributed by atoms with van der Waals surface area (Å²) in [6, 6.07) is 3.10. The zero-order chi connectivity index (χ0) is 14.2. The van der Waals surface area contributed by atoms with Gasteiger partial charge in [0.2, 0.25) is 0 Å². The van der Waals surface area contributed by atoms with Crippen LogP contribution in [0, 0.1) is 0 Å². The van der Waals surface area contributed by atoms with Gasteiger partial charge in [-0.15, -0.1) is 0 Å². The Morgan fingerprint density at radius 1 is 1.15 bits per heavy atom. The van der Waals surface area contributed by atoms with E-state index in [-0.39, 0.29) is 0 Å². The Balaban J connectivity index is 1.57. The highest BCUT2D eigenvalue weighted by Crippen LogP contribution is 2.30. The number of thioether (sulfide) groups is 1. The van der Waals surface area contributed by atoms with Crippen molar-refractivity contribution in [2.24, 2.45) is 0 Å². The molecule has 0 aromatic carbocycles. The average molecular weight is 303 g/mol. The van der Waals surface area contributed by atoms with Crippen molar-refractivity contribution in [1.82, 2.24) is 9.88 Å². The van der Waals surface area contributed by atoms with Crippen LogP contribution in [-0.4, -0.2) is 53.6 Å². The van der Waals surface area contributed by atoms with E-state index in [1.165, 1.54) is 17.6 Å². The number of nitrogens with zero attached hydrogens (tertiary/aromatic N) is 3. The van der Waals surface area contributed by atoms with Crippen LogP contribution in [-0.2, 0) is 6.18 Å². The SMILES string of the molecule is FC(F)(F)c1ccc(N2CC(N3CCSCC3)C2)nc1. The average Bonchev–Trinajstić information content (AvgIpc) is 2.38. The minimum atomic E-state index is -4.31. The third kappa shape index (κ3) is 2.88. The molecule has 0 unspecified atom stereocenters. The molecule has 1 aromatic rings. The van der Waals surface area contributed by atoms with Crippen LogP contribution >= 0.6 is 11.8 Å². The van der Waals surface area contributed by atoms with Crippen LogP contribution in [0.15, 0.2) is 18.3 Å². The van der Waals surface area contributed by atoms with Gasteiger partial charge < -0.3 is 4.90 Å². The van der Waals surface area contributed by atoms with E-state index < -0.39 is 11.7 Å². The Hall–Kier alpha value is -0.950. The monoisotopic (exact) mass is 303 g/mol. The molecule has 0 bridgehead atoms. The normalized spacial score (nSPS) is 21.9. The van der Waals surface area contributed by atoms with Gasteiger partial charge >= 0.3 is 6.18 Å². The second-order valence-electron chi connectivity index (χ2n) is 5.11. The molecule has 3 heterocycles. The fourth-order valence-electron chi connectivity index (χ4n) is 2.56. The summed E-state index contributed by atoms with van der Waals surface area (Å²) in [5.41, 5.74) is -0.689. The lowest BCUT2D eigenvalue weighted by Gasteiger charge is -2.47. The van der Waals surface area contributed by atoms with Crippen molar-refractivity contribution < 1.29 is 13.2 Å². The summed E-state index contributed by atoms with van der Waals surface area (Å²) in [7, 11) is 0. The topological polar surface area (TPSA) is 19.4 Å². The molecule has 3 nitrogen and oxygen atoms in total. The summed E-state index contributed by atoms with van der Waals surface area (Å²) in [6.45, 7) is 3.96. The zero-order valence-corrected chi connectivity index (χ0v) is 11.8. The van der Waals surface area contributed by atoms with E-state index in [0.717, 1.165) is 38.4 Å². The first kappa shape index (κ1) is 14.0. The van der Waals surface area contributed by atoms with E-state index >= 15 is 0 Å². The molecule has 3 rings (SSSR count). The molecule has 20 heavy (non-hydrogen) atoms. The second-order valence-corrected chi connectivity index (χ2v) is 6.33. The predicted octanol–water partition coefficient (Wildman–Crippen LogP) is 2.34. The maximum absolute atomic E-state index is 12.5. The number of aromatic nitrogens is 1. The van der Waals surface area contributed by atoms with Crippen LogP contribution in [0.2, 0.25) is 0 Å². The van der Waals surface area contributed by atoms with Crippen molar-refractivity contribution in [3.63, 3.8) is 0 Å². The zero-order valence-electron chi connectivity index (χ0n) is 10.9. The van der Waals surface area contributed by atoms with Gasteiger partial charge in [-0.05, 0) is 12.1 Å². The highest BCUT2D eigenvalue weighted by molar-refractivity contribution is 7.99. The summed E-state index contributed by atoms with van der Waals surface area (Å²) in [5.74, 6) is 2.99. The number of halogens is 3. The molecule has 7 heteroatoms. The molecule has 0 aliphatic carbocycles. The van der Waals surface area contributed by atoms with Gasteiger partial charge in [0.1, 0.15) is 5.82 Å². The minimum absolute atomic E-state index is 0.528. The van der Waals surface area contributed by atoms with E-state index in [1.54, 1.807) is 0 Å². The lowest BCUT2D eigenvalue weighted by Crippen LogP contribution is -2.61. The van der Waals surface area contributed by atoms with Gasteiger partial charge in [-0.2, -0.15) is 24.9 Å². The number of rotatable bonds is 2. The van der Waals surface area contributed by atoms with Crippen molar-refractivity contribution in [3.05, 3.63) is 23.9 Å².